The van der Waals surface area contributed by atoms with Crippen LogP contribution in [0.3, 0.4) is 0 Å². The Morgan fingerprint density at radius 2 is 2.05 bits per heavy atom. The number of hydrogen-bond donors (Lipinski definition) is 3. The predicted molar refractivity (Wildman–Crippen MR) is 76.3 cm³/mol. The summed E-state index contributed by atoms with van der Waals surface area (Å²) < 4.78 is 5.08. The normalized spacial score (nSPS) is 21.1. The number of methoxy groups -OCH3 is 1. The summed E-state index contributed by atoms with van der Waals surface area (Å²) in [5.41, 5.74) is 0.400. The molecule has 1 saturated carbocycles. The van der Waals surface area contributed by atoms with Gasteiger partial charge in [-0.05, 0) is 37.8 Å². The third-order valence-corrected chi connectivity index (χ3v) is 3.58. The van der Waals surface area contributed by atoms with Gasteiger partial charge in [0.1, 0.15) is 17.5 Å². The first-order valence-electron chi connectivity index (χ1n) is 6.83. The Morgan fingerprint density at radius 1 is 1.38 bits per heavy atom. The average molecular weight is 290 g/mol. The van der Waals surface area contributed by atoms with E-state index in [2.05, 4.69) is 15.6 Å². The van der Waals surface area contributed by atoms with Gasteiger partial charge in [0.25, 0.3) is 0 Å². The number of nitrogens with one attached hydrogen (secondary N) is 2. The van der Waals surface area contributed by atoms with Crippen LogP contribution in [0.15, 0.2) is 12.1 Å². The van der Waals surface area contributed by atoms with E-state index >= 15 is 0 Å². The Kier molecular flexibility index (Phi) is 4.82. The Labute approximate surface area is 122 Å². The van der Waals surface area contributed by atoms with Crippen LogP contribution in [0.25, 0.3) is 0 Å². The number of aromatic nitrogens is 1. The van der Waals surface area contributed by atoms with Crippen LogP contribution in [0.4, 0.5) is 10.6 Å². The minimum atomic E-state index is -0.968. The molecule has 2 rings (SSSR count). The second-order valence-corrected chi connectivity index (χ2v) is 5.01. The molecular weight excluding hydrogens is 272 g/mol. The molecule has 0 radical (unpaired) electrons. The second-order valence-electron chi connectivity index (χ2n) is 5.01. The van der Waals surface area contributed by atoms with Crippen LogP contribution in [0.1, 0.15) is 31.2 Å². The number of rotatable bonds is 4. The molecule has 0 saturated heterocycles. The van der Waals surface area contributed by atoms with Crippen molar-refractivity contribution in [2.75, 3.05) is 12.4 Å². The molecule has 0 aliphatic heterocycles. The number of ether oxygens (including phenoxy) is 1. The lowest BCUT2D eigenvalue weighted by molar-refractivity contribution is 0.185. The largest absolute Gasteiger partial charge is 0.480 e. The number of carboxylic acid groups (broad SMARTS) is 1. The highest BCUT2D eigenvalue weighted by molar-refractivity contribution is 5.64. The SMILES string of the molecule is COc1nc(NC2CCC(NC(=O)O)CC2)ccc1C#N. The van der Waals surface area contributed by atoms with Crippen LogP contribution in [-0.4, -0.2) is 35.4 Å². The van der Waals surface area contributed by atoms with Crippen molar-refractivity contribution in [3.8, 4) is 11.9 Å². The lowest BCUT2D eigenvalue weighted by Gasteiger charge is -2.29. The van der Waals surface area contributed by atoms with Gasteiger partial charge in [0.15, 0.2) is 0 Å². The van der Waals surface area contributed by atoms with Gasteiger partial charge < -0.3 is 20.5 Å². The number of carbonyl (C=O) groups is 1. The third kappa shape index (κ3) is 3.99. The van der Waals surface area contributed by atoms with E-state index in [0.717, 1.165) is 25.7 Å². The molecule has 112 valence electrons. The fraction of sp³-hybridized carbons (Fsp3) is 0.500. The zero-order valence-corrected chi connectivity index (χ0v) is 11.8. The number of anilines is 1. The standard InChI is InChI=1S/C14H18N4O3/c1-21-13-9(8-15)2-7-12(18-13)16-10-3-5-11(6-4-10)17-14(19)20/h2,7,10-11,17H,3-6H2,1H3,(H,16,18)(H,19,20). The summed E-state index contributed by atoms with van der Waals surface area (Å²) in [6.45, 7) is 0. The maximum Gasteiger partial charge on any atom is 0.404 e. The van der Waals surface area contributed by atoms with Gasteiger partial charge >= 0.3 is 6.09 Å². The van der Waals surface area contributed by atoms with Crippen LogP contribution >= 0.6 is 0 Å². The molecule has 7 heteroatoms. The molecule has 1 aromatic rings. The lowest BCUT2D eigenvalue weighted by atomic mass is 9.91. The van der Waals surface area contributed by atoms with E-state index in [1.807, 2.05) is 6.07 Å². The van der Waals surface area contributed by atoms with E-state index in [0.29, 0.717) is 17.3 Å². The Hall–Kier alpha value is -2.49. The average Bonchev–Trinajstić information content (AvgIpc) is 2.48. The van der Waals surface area contributed by atoms with Crippen LogP contribution < -0.4 is 15.4 Å². The topological polar surface area (TPSA) is 107 Å². The van der Waals surface area contributed by atoms with E-state index in [-0.39, 0.29) is 12.1 Å². The molecule has 3 N–H and O–H groups in total. The fourth-order valence-electron chi connectivity index (χ4n) is 2.53. The highest BCUT2D eigenvalue weighted by Gasteiger charge is 2.22. The maximum atomic E-state index is 10.6. The minimum absolute atomic E-state index is 0.0315. The highest BCUT2D eigenvalue weighted by atomic mass is 16.5. The molecule has 7 nitrogen and oxygen atoms in total. The van der Waals surface area contributed by atoms with Gasteiger partial charge in [0.2, 0.25) is 5.88 Å². The molecule has 0 spiro atoms. The van der Waals surface area contributed by atoms with Crippen LogP contribution in [0.5, 0.6) is 5.88 Å². The predicted octanol–water partition coefficient (Wildman–Crippen LogP) is 1.95. The number of hydrogen-bond acceptors (Lipinski definition) is 5. The summed E-state index contributed by atoms with van der Waals surface area (Å²) in [6, 6.07) is 5.73. The number of amides is 1. The Bertz CT molecular complexity index is 548. The molecule has 1 aliphatic rings. The van der Waals surface area contributed by atoms with Crippen LogP contribution in [0.2, 0.25) is 0 Å². The van der Waals surface area contributed by atoms with Crippen molar-refractivity contribution < 1.29 is 14.6 Å². The summed E-state index contributed by atoms with van der Waals surface area (Å²) in [5, 5.41) is 23.4. The third-order valence-electron chi connectivity index (χ3n) is 3.58. The number of nitriles is 1. The number of nitrogens with zero attached hydrogens (tertiary/aromatic N) is 2. The van der Waals surface area contributed by atoms with Gasteiger partial charge in [0, 0.05) is 12.1 Å². The smallest absolute Gasteiger partial charge is 0.404 e. The van der Waals surface area contributed by atoms with Crippen molar-refractivity contribution in [2.45, 2.75) is 37.8 Å². The van der Waals surface area contributed by atoms with E-state index in [1.54, 1.807) is 12.1 Å². The molecule has 1 heterocycles. The van der Waals surface area contributed by atoms with Gasteiger partial charge in [-0.25, -0.2) is 4.79 Å². The van der Waals surface area contributed by atoms with E-state index in [9.17, 15) is 4.79 Å². The zero-order valence-electron chi connectivity index (χ0n) is 11.8. The highest BCUT2D eigenvalue weighted by Crippen LogP contribution is 2.23. The molecule has 1 amide bonds. The summed E-state index contributed by atoms with van der Waals surface area (Å²) in [6.07, 6.45) is 2.38. The first-order valence-corrected chi connectivity index (χ1v) is 6.83. The summed E-state index contributed by atoms with van der Waals surface area (Å²) >= 11 is 0. The minimum Gasteiger partial charge on any atom is -0.480 e. The van der Waals surface area contributed by atoms with Gasteiger partial charge in [0.05, 0.1) is 7.11 Å². The van der Waals surface area contributed by atoms with Crippen molar-refractivity contribution in [1.29, 1.82) is 5.26 Å². The quantitative estimate of drug-likeness (QED) is 0.782. The van der Waals surface area contributed by atoms with Gasteiger partial charge in [-0.1, -0.05) is 0 Å². The molecule has 0 aromatic carbocycles. The second kappa shape index (κ2) is 6.79. The summed E-state index contributed by atoms with van der Waals surface area (Å²) in [7, 11) is 1.48. The van der Waals surface area contributed by atoms with Crippen molar-refractivity contribution in [1.82, 2.24) is 10.3 Å². The van der Waals surface area contributed by atoms with Crippen LogP contribution in [-0.2, 0) is 0 Å². The van der Waals surface area contributed by atoms with E-state index in [1.165, 1.54) is 7.11 Å². The molecule has 0 atom stereocenters. The van der Waals surface area contributed by atoms with Crippen molar-refractivity contribution in [2.24, 2.45) is 0 Å². The van der Waals surface area contributed by atoms with Gasteiger partial charge in [-0.3, -0.25) is 0 Å². The molecule has 1 aliphatic carbocycles. The first-order chi connectivity index (χ1) is 10.1. The van der Waals surface area contributed by atoms with Gasteiger partial charge in [-0.2, -0.15) is 10.2 Å². The summed E-state index contributed by atoms with van der Waals surface area (Å²) in [4.78, 5) is 14.9. The Balaban J connectivity index is 1.92. The molecule has 0 unspecified atom stereocenters. The molecule has 1 aromatic heterocycles. The van der Waals surface area contributed by atoms with Crippen LogP contribution in [0, 0.1) is 11.3 Å². The van der Waals surface area contributed by atoms with Gasteiger partial charge in [-0.15, -0.1) is 0 Å². The zero-order chi connectivity index (χ0) is 15.2. The van der Waals surface area contributed by atoms with E-state index < -0.39 is 6.09 Å². The maximum absolute atomic E-state index is 10.6. The fourth-order valence-corrected chi connectivity index (χ4v) is 2.53. The molecular formula is C14H18N4O3. The Morgan fingerprint density at radius 3 is 2.62 bits per heavy atom. The first kappa shape index (κ1) is 14.9. The van der Waals surface area contributed by atoms with Crippen molar-refractivity contribution in [3.05, 3.63) is 17.7 Å². The van der Waals surface area contributed by atoms with Crippen molar-refractivity contribution >= 4 is 11.9 Å². The number of pyridine rings is 1. The van der Waals surface area contributed by atoms with Crippen molar-refractivity contribution in [3.63, 3.8) is 0 Å². The molecule has 1 fully saturated rings. The van der Waals surface area contributed by atoms with E-state index in [4.69, 9.17) is 15.1 Å². The lowest BCUT2D eigenvalue weighted by Crippen LogP contribution is -2.39. The molecule has 0 bridgehead atoms. The monoisotopic (exact) mass is 290 g/mol. The molecule has 21 heavy (non-hydrogen) atoms. The summed E-state index contributed by atoms with van der Waals surface area (Å²) in [5.74, 6) is 0.976.